The number of hydrogen-bond acceptors (Lipinski definition) is 3. The molecule has 1 amide bonds. The molecule has 0 N–H and O–H groups in total. The van der Waals surface area contributed by atoms with Crippen LogP contribution in [0.4, 0.5) is 0 Å². The maximum Gasteiger partial charge on any atom is 0.232 e. The SMILES string of the molecule is CSCC(=O)N1CCC(=O)C(C)C1. The van der Waals surface area contributed by atoms with E-state index in [1.807, 2.05) is 13.2 Å². The third kappa shape index (κ3) is 2.72. The molecule has 0 radical (unpaired) electrons. The van der Waals surface area contributed by atoms with E-state index in [0.29, 0.717) is 25.3 Å². The van der Waals surface area contributed by atoms with Crippen LogP contribution in [-0.4, -0.2) is 41.7 Å². The lowest BCUT2D eigenvalue weighted by Gasteiger charge is -2.29. The van der Waals surface area contributed by atoms with Crippen molar-refractivity contribution in [3.63, 3.8) is 0 Å². The number of likely N-dealkylation sites (tertiary alicyclic amines) is 1. The molecule has 1 atom stereocenters. The monoisotopic (exact) mass is 201 g/mol. The summed E-state index contributed by atoms with van der Waals surface area (Å²) >= 11 is 1.53. The molecule has 0 aromatic heterocycles. The summed E-state index contributed by atoms with van der Waals surface area (Å²) in [6.07, 6.45) is 2.44. The van der Waals surface area contributed by atoms with Crippen LogP contribution in [0, 0.1) is 5.92 Å². The van der Waals surface area contributed by atoms with Crippen LogP contribution in [0.25, 0.3) is 0 Å². The Balaban J connectivity index is 2.45. The highest BCUT2D eigenvalue weighted by atomic mass is 32.2. The van der Waals surface area contributed by atoms with Crippen LogP contribution in [0.15, 0.2) is 0 Å². The van der Waals surface area contributed by atoms with E-state index in [0.717, 1.165) is 0 Å². The van der Waals surface area contributed by atoms with Gasteiger partial charge in [0, 0.05) is 25.4 Å². The summed E-state index contributed by atoms with van der Waals surface area (Å²) < 4.78 is 0. The van der Waals surface area contributed by atoms with E-state index in [1.54, 1.807) is 4.90 Å². The topological polar surface area (TPSA) is 37.4 Å². The number of hydrogen-bond donors (Lipinski definition) is 0. The summed E-state index contributed by atoms with van der Waals surface area (Å²) in [6, 6.07) is 0. The number of rotatable bonds is 2. The van der Waals surface area contributed by atoms with Crippen molar-refractivity contribution in [2.75, 3.05) is 25.1 Å². The Morgan fingerprint density at radius 3 is 2.92 bits per heavy atom. The predicted octanol–water partition coefficient (Wildman–Crippen LogP) is 0.787. The largest absolute Gasteiger partial charge is 0.341 e. The average molecular weight is 201 g/mol. The normalized spacial score (nSPS) is 23.4. The van der Waals surface area contributed by atoms with E-state index >= 15 is 0 Å². The first kappa shape index (κ1) is 10.6. The van der Waals surface area contributed by atoms with Gasteiger partial charge in [0.05, 0.1) is 5.75 Å². The number of piperidine rings is 1. The van der Waals surface area contributed by atoms with E-state index < -0.39 is 0 Å². The van der Waals surface area contributed by atoms with E-state index in [2.05, 4.69) is 0 Å². The molecule has 0 saturated carbocycles. The maximum absolute atomic E-state index is 11.4. The maximum atomic E-state index is 11.4. The van der Waals surface area contributed by atoms with Crippen molar-refractivity contribution >= 4 is 23.5 Å². The third-order valence-corrected chi connectivity index (χ3v) is 2.83. The van der Waals surface area contributed by atoms with E-state index in [-0.39, 0.29) is 17.6 Å². The van der Waals surface area contributed by atoms with Gasteiger partial charge in [-0.25, -0.2) is 0 Å². The molecule has 1 rings (SSSR count). The summed E-state index contributed by atoms with van der Waals surface area (Å²) in [5.41, 5.74) is 0. The molecule has 1 aliphatic rings. The number of carbonyl (C=O) groups excluding carboxylic acids is 2. The van der Waals surface area contributed by atoms with Crippen molar-refractivity contribution < 1.29 is 9.59 Å². The zero-order valence-corrected chi connectivity index (χ0v) is 8.89. The van der Waals surface area contributed by atoms with Gasteiger partial charge in [0.25, 0.3) is 0 Å². The Bertz CT molecular complexity index is 218. The fraction of sp³-hybridized carbons (Fsp3) is 0.778. The minimum atomic E-state index is 0.0274. The molecule has 13 heavy (non-hydrogen) atoms. The van der Waals surface area contributed by atoms with Crippen LogP contribution < -0.4 is 0 Å². The lowest BCUT2D eigenvalue weighted by atomic mass is 9.99. The van der Waals surface area contributed by atoms with Crippen LogP contribution in [0.1, 0.15) is 13.3 Å². The first-order valence-electron chi connectivity index (χ1n) is 4.44. The van der Waals surface area contributed by atoms with Crippen LogP contribution in [-0.2, 0) is 9.59 Å². The van der Waals surface area contributed by atoms with Crippen molar-refractivity contribution in [1.82, 2.24) is 4.90 Å². The molecule has 4 heteroatoms. The lowest BCUT2D eigenvalue weighted by molar-refractivity contribution is -0.134. The Labute approximate surface area is 82.9 Å². The van der Waals surface area contributed by atoms with Gasteiger partial charge >= 0.3 is 0 Å². The van der Waals surface area contributed by atoms with Gasteiger partial charge < -0.3 is 4.90 Å². The Kier molecular flexibility index (Phi) is 3.78. The van der Waals surface area contributed by atoms with Gasteiger partial charge in [-0.2, -0.15) is 11.8 Å². The van der Waals surface area contributed by atoms with Gasteiger partial charge in [-0.1, -0.05) is 6.92 Å². The lowest BCUT2D eigenvalue weighted by Crippen LogP contribution is -2.43. The van der Waals surface area contributed by atoms with E-state index in [1.165, 1.54) is 11.8 Å². The second-order valence-corrected chi connectivity index (χ2v) is 4.26. The minimum absolute atomic E-state index is 0.0274. The molecule has 0 bridgehead atoms. The molecule has 0 spiro atoms. The fourth-order valence-electron chi connectivity index (χ4n) is 1.46. The molecule has 1 aliphatic heterocycles. The van der Waals surface area contributed by atoms with Crippen molar-refractivity contribution in [3.8, 4) is 0 Å². The van der Waals surface area contributed by atoms with Gasteiger partial charge in [0.15, 0.2) is 0 Å². The van der Waals surface area contributed by atoms with Gasteiger partial charge in [0.1, 0.15) is 5.78 Å². The minimum Gasteiger partial charge on any atom is -0.341 e. The summed E-state index contributed by atoms with van der Waals surface area (Å²) in [4.78, 5) is 24.4. The number of thioether (sulfide) groups is 1. The third-order valence-electron chi connectivity index (χ3n) is 2.29. The number of nitrogens with zero attached hydrogens (tertiary/aromatic N) is 1. The highest BCUT2D eigenvalue weighted by Crippen LogP contribution is 2.13. The highest BCUT2D eigenvalue weighted by Gasteiger charge is 2.25. The second kappa shape index (κ2) is 4.65. The number of carbonyl (C=O) groups is 2. The molecular weight excluding hydrogens is 186 g/mol. The molecule has 0 aromatic rings. The number of amides is 1. The Hall–Kier alpha value is -0.510. The van der Waals surface area contributed by atoms with Crippen LogP contribution in [0.2, 0.25) is 0 Å². The first-order chi connectivity index (χ1) is 6.15. The van der Waals surface area contributed by atoms with Crippen molar-refractivity contribution in [2.24, 2.45) is 5.92 Å². The standard InChI is InChI=1S/C9H15NO2S/c1-7-5-10(4-3-8(7)11)9(12)6-13-2/h7H,3-6H2,1-2H3. The molecule has 1 fully saturated rings. The van der Waals surface area contributed by atoms with Gasteiger partial charge in [-0.05, 0) is 6.26 Å². The predicted molar refractivity (Wildman–Crippen MR) is 53.8 cm³/mol. The number of Topliss-reactive ketones (excluding diaryl/α,β-unsaturated/α-hetero) is 1. The van der Waals surface area contributed by atoms with E-state index in [9.17, 15) is 9.59 Å². The highest BCUT2D eigenvalue weighted by molar-refractivity contribution is 7.99. The summed E-state index contributed by atoms with van der Waals surface area (Å²) in [6.45, 7) is 3.11. The smallest absolute Gasteiger partial charge is 0.232 e. The average Bonchev–Trinajstić information content (AvgIpc) is 2.10. The number of ketones is 1. The molecule has 1 unspecified atom stereocenters. The molecule has 1 heterocycles. The van der Waals surface area contributed by atoms with Crippen LogP contribution >= 0.6 is 11.8 Å². The second-order valence-electron chi connectivity index (χ2n) is 3.39. The molecule has 1 saturated heterocycles. The van der Waals surface area contributed by atoms with Crippen molar-refractivity contribution in [2.45, 2.75) is 13.3 Å². The van der Waals surface area contributed by atoms with E-state index in [4.69, 9.17) is 0 Å². The molecule has 0 aromatic carbocycles. The molecule has 0 aliphatic carbocycles. The summed E-state index contributed by atoms with van der Waals surface area (Å²) in [5, 5.41) is 0. The van der Waals surface area contributed by atoms with Crippen molar-refractivity contribution in [3.05, 3.63) is 0 Å². The quantitative estimate of drug-likeness (QED) is 0.663. The van der Waals surface area contributed by atoms with Crippen LogP contribution in [0.3, 0.4) is 0 Å². The summed E-state index contributed by atoms with van der Waals surface area (Å²) in [7, 11) is 0. The van der Waals surface area contributed by atoms with Gasteiger partial charge in [-0.15, -0.1) is 0 Å². The Morgan fingerprint density at radius 2 is 2.38 bits per heavy atom. The van der Waals surface area contributed by atoms with Gasteiger partial charge in [0.2, 0.25) is 5.91 Å². The van der Waals surface area contributed by atoms with Crippen molar-refractivity contribution in [1.29, 1.82) is 0 Å². The Morgan fingerprint density at radius 1 is 1.69 bits per heavy atom. The molecular formula is C9H15NO2S. The summed E-state index contributed by atoms with van der Waals surface area (Å²) in [5.74, 6) is 1.00. The first-order valence-corrected chi connectivity index (χ1v) is 5.84. The fourth-order valence-corrected chi connectivity index (χ4v) is 1.89. The zero-order chi connectivity index (χ0) is 9.84. The zero-order valence-electron chi connectivity index (χ0n) is 8.08. The molecule has 74 valence electrons. The molecule has 3 nitrogen and oxygen atoms in total. The van der Waals surface area contributed by atoms with Gasteiger partial charge in [-0.3, -0.25) is 9.59 Å². The van der Waals surface area contributed by atoms with Crippen LogP contribution in [0.5, 0.6) is 0 Å².